The maximum atomic E-state index is 12.7. The lowest BCUT2D eigenvalue weighted by molar-refractivity contribution is -0.168. The van der Waals surface area contributed by atoms with Gasteiger partial charge in [0.05, 0.1) is 13.2 Å². The Morgan fingerprint density at radius 1 is 1.23 bits per heavy atom. The van der Waals surface area contributed by atoms with Gasteiger partial charge >= 0.3 is 0 Å². The van der Waals surface area contributed by atoms with Crippen molar-refractivity contribution in [2.45, 2.75) is 25.1 Å². The SMILES string of the molecule is COc1ccc(CN2C(=O)[C@H](OC)[C@@H]2C2=CCN(C(=O)c3nccn3C)CC2)cc1. The van der Waals surface area contributed by atoms with Crippen molar-refractivity contribution in [2.75, 3.05) is 27.3 Å². The number of β-lactam (4-membered cyclic amide) rings is 1. The molecule has 2 atom stereocenters. The van der Waals surface area contributed by atoms with Crippen LogP contribution in [0.25, 0.3) is 0 Å². The standard InChI is InChI=1S/C22H26N4O4/c1-24-13-10-23-20(24)22(28)25-11-8-16(9-12-25)18-19(30-3)21(27)26(18)14-15-4-6-17(29-2)7-5-15/h4-8,10,13,18-19H,9,11-12,14H2,1-3H3/t18-,19+/m0/s1. The third-order valence-electron chi connectivity index (χ3n) is 5.84. The van der Waals surface area contributed by atoms with Gasteiger partial charge in [0.1, 0.15) is 5.75 Å². The third kappa shape index (κ3) is 3.59. The number of carbonyl (C=O) groups excluding carboxylic acids is 2. The fourth-order valence-electron chi connectivity index (χ4n) is 4.10. The molecule has 2 aromatic rings. The highest BCUT2D eigenvalue weighted by molar-refractivity contribution is 5.91. The van der Waals surface area contributed by atoms with Crippen LogP contribution in [0.1, 0.15) is 22.6 Å². The van der Waals surface area contributed by atoms with Gasteiger partial charge in [0.15, 0.2) is 11.9 Å². The number of rotatable bonds is 6. The topological polar surface area (TPSA) is 76.9 Å². The van der Waals surface area contributed by atoms with E-state index in [9.17, 15) is 9.59 Å². The molecule has 0 radical (unpaired) electrons. The van der Waals surface area contributed by atoms with Crippen molar-refractivity contribution in [1.82, 2.24) is 19.4 Å². The molecule has 2 amide bonds. The first kappa shape index (κ1) is 20.2. The van der Waals surface area contributed by atoms with Crippen LogP contribution >= 0.6 is 0 Å². The molecular weight excluding hydrogens is 384 g/mol. The second-order valence-corrected chi connectivity index (χ2v) is 7.56. The molecule has 4 rings (SSSR count). The second kappa shape index (κ2) is 8.31. The maximum absolute atomic E-state index is 12.7. The summed E-state index contributed by atoms with van der Waals surface area (Å²) in [6.45, 7) is 1.61. The third-order valence-corrected chi connectivity index (χ3v) is 5.84. The number of aromatic nitrogens is 2. The van der Waals surface area contributed by atoms with E-state index in [-0.39, 0.29) is 17.9 Å². The van der Waals surface area contributed by atoms with E-state index in [1.54, 1.807) is 36.1 Å². The van der Waals surface area contributed by atoms with Gasteiger partial charge in [-0.15, -0.1) is 0 Å². The zero-order valence-corrected chi connectivity index (χ0v) is 17.4. The van der Waals surface area contributed by atoms with Crippen LogP contribution in [-0.4, -0.2) is 70.6 Å². The Balaban J connectivity index is 1.46. The van der Waals surface area contributed by atoms with Gasteiger partial charge in [0.25, 0.3) is 11.8 Å². The average Bonchev–Trinajstić information content (AvgIpc) is 3.21. The first-order valence-corrected chi connectivity index (χ1v) is 9.95. The lowest BCUT2D eigenvalue weighted by Crippen LogP contribution is -2.66. The number of benzene rings is 1. The number of aryl methyl sites for hydroxylation is 1. The van der Waals surface area contributed by atoms with E-state index >= 15 is 0 Å². The molecule has 0 aliphatic carbocycles. The predicted octanol–water partition coefficient (Wildman–Crippen LogP) is 1.63. The van der Waals surface area contributed by atoms with Crippen LogP contribution in [0, 0.1) is 0 Å². The Bertz CT molecular complexity index is 966. The Morgan fingerprint density at radius 2 is 2.00 bits per heavy atom. The normalized spacial score (nSPS) is 21.3. The highest BCUT2D eigenvalue weighted by Gasteiger charge is 2.49. The molecule has 1 aromatic heterocycles. The monoisotopic (exact) mass is 410 g/mol. The van der Waals surface area contributed by atoms with Crippen LogP contribution in [0.2, 0.25) is 0 Å². The van der Waals surface area contributed by atoms with Crippen molar-refractivity contribution in [1.29, 1.82) is 0 Å². The number of carbonyl (C=O) groups is 2. The smallest absolute Gasteiger partial charge is 0.290 e. The summed E-state index contributed by atoms with van der Waals surface area (Å²) in [6.07, 6.45) is 5.67. The number of nitrogens with zero attached hydrogens (tertiary/aromatic N) is 4. The highest BCUT2D eigenvalue weighted by Crippen LogP contribution is 2.33. The van der Waals surface area contributed by atoms with Gasteiger partial charge < -0.3 is 23.8 Å². The lowest BCUT2D eigenvalue weighted by atomic mass is 9.86. The first-order valence-electron chi connectivity index (χ1n) is 9.95. The van der Waals surface area contributed by atoms with E-state index in [1.807, 2.05) is 36.2 Å². The van der Waals surface area contributed by atoms with Gasteiger partial charge in [-0.3, -0.25) is 9.59 Å². The van der Waals surface area contributed by atoms with Gasteiger partial charge in [-0.1, -0.05) is 18.2 Å². The Labute approximate surface area is 175 Å². The molecule has 2 aliphatic heterocycles. The molecule has 0 unspecified atom stereocenters. The Morgan fingerprint density at radius 3 is 2.57 bits per heavy atom. The molecule has 8 heteroatoms. The fraction of sp³-hybridized carbons (Fsp3) is 0.409. The molecule has 2 aliphatic rings. The molecule has 0 N–H and O–H groups in total. The summed E-state index contributed by atoms with van der Waals surface area (Å²) in [7, 11) is 5.01. The van der Waals surface area contributed by atoms with Crippen LogP contribution in [0.5, 0.6) is 5.75 Å². The summed E-state index contributed by atoms with van der Waals surface area (Å²) < 4.78 is 12.4. The van der Waals surface area contributed by atoms with E-state index in [4.69, 9.17) is 9.47 Å². The largest absolute Gasteiger partial charge is 0.497 e. The molecule has 0 bridgehead atoms. The number of hydrogen-bond donors (Lipinski definition) is 0. The fourth-order valence-corrected chi connectivity index (χ4v) is 4.10. The van der Waals surface area contributed by atoms with Gasteiger partial charge in [0, 0.05) is 46.2 Å². The molecule has 8 nitrogen and oxygen atoms in total. The van der Waals surface area contributed by atoms with Crippen LogP contribution in [0.3, 0.4) is 0 Å². The van der Waals surface area contributed by atoms with Crippen molar-refractivity contribution in [3.05, 3.63) is 59.7 Å². The number of likely N-dealkylation sites (tertiary alicyclic amines) is 1. The summed E-state index contributed by atoms with van der Waals surface area (Å²) in [5.74, 6) is 1.13. The molecule has 0 spiro atoms. The molecular formula is C22H26N4O4. The van der Waals surface area contributed by atoms with Crippen LogP contribution in [-0.2, 0) is 23.1 Å². The van der Waals surface area contributed by atoms with Gasteiger partial charge in [-0.2, -0.15) is 0 Å². The van der Waals surface area contributed by atoms with Crippen molar-refractivity contribution in [2.24, 2.45) is 7.05 Å². The van der Waals surface area contributed by atoms with E-state index in [1.165, 1.54) is 0 Å². The maximum Gasteiger partial charge on any atom is 0.290 e. The van der Waals surface area contributed by atoms with Crippen LogP contribution in [0.4, 0.5) is 0 Å². The summed E-state index contributed by atoms with van der Waals surface area (Å²) in [4.78, 5) is 33.1. The number of amides is 2. The number of ether oxygens (including phenoxy) is 2. The Hall–Kier alpha value is -3.13. The predicted molar refractivity (Wildman–Crippen MR) is 110 cm³/mol. The lowest BCUT2D eigenvalue weighted by Gasteiger charge is -2.48. The minimum absolute atomic E-state index is 0.00858. The van der Waals surface area contributed by atoms with Gasteiger partial charge in [0.2, 0.25) is 0 Å². The van der Waals surface area contributed by atoms with E-state index in [0.29, 0.717) is 31.9 Å². The number of imidazole rings is 1. The molecule has 158 valence electrons. The Kier molecular flexibility index (Phi) is 5.59. The van der Waals surface area contributed by atoms with E-state index in [0.717, 1.165) is 16.9 Å². The van der Waals surface area contributed by atoms with Gasteiger partial charge in [-0.25, -0.2) is 4.98 Å². The van der Waals surface area contributed by atoms with Crippen molar-refractivity contribution in [3.63, 3.8) is 0 Å². The molecule has 1 saturated heterocycles. The molecule has 30 heavy (non-hydrogen) atoms. The summed E-state index contributed by atoms with van der Waals surface area (Å²) in [6, 6.07) is 7.61. The minimum atomic E-state index is -0.466. The molecule has 1 fully saturated rings. The van der Waals surface area contributed by atoms with Crippen LogP contribution in [0.15, 0.2) is 48.3 Å². The zero-order valence-electron chi connectivity index (χ0n) is 17.4. The minimum Gasteiger partial charge on any atom is -0.497 e. The highest BCUT2D eigenvalue weighted by atomic mass is 16.5. The second-order valence-electron chi connectivity index (χ2n) is 7.56. The van der Waals surface area contributed by atoms with Crippen molar-refractivity contribution < 1.29 is 19.1 Å². The first-order chi connectivity index (χ1) is 14.5. The van der Waals surface area contributed by atoms with Gasteiger partial charge in [-0.05, 0) is 29.7 Å². The average molecular weight is 410 g/mol. The molecule has 1 aromatic carbocycles. The van der Waals surface area contributed by atoms with Crippen LogP contribution < -0.4 is 4.74 Å². The summed E-state index contributed by atoms with van der Waals surface area (Å²) in [5, 5.41) is 0. The van der Waals surface area contributed by atoms with E-state index < -0.39 is 6.10 Å². The number of methoxy groups -OCH3 is 2. The van der Waals surface area contributed by atoms with Crippen molar-refractivity contribution in [3.8, 4) is 5.75 Å². The van der Waals surface area contributed by atoms with E-state index in [2.05, 4.69) is 11.1 Å². The molecule has 3 heterocycles. The summed E-state index contributed by atoms with van der Waals surface area (Å²) in [5.41, 5.74) is 2.17. The number of hydrogen-bond acceptors (Lipinski definition) is 5. The van der Waals surface area contributed by atoms with Crippen molar-refractivity contribution >= 4 is 11.8 Å². The quantitative estimate of drug-likeness (QED) is 0.534. The molecule has 0 saturated carbocycles. The summed E-state index contributed by atoms with van der Waals surface area (Å²) >= 11 is 0. The zero-order chi connectivity index (χ0) is 21.3.